The van der Waals surface area contributed by atoms with Crippen molar-refractivity contribution in [1.82, 2.24) is 0 Å². The predicted molar refractivity (Wildman–Crippen MR) is 125 cm³/mol. The van der Waals surface area contributed by atoms with Gasteiger partial charge in [-0.05, 0) is 24.3 Å². The van der Waals surface area contributed by atoms with Gasteiger partial charge in [-0.3, -0.25) is 19.3 Å². The van der Waals surface area contributed by atoms with Crippen molar-refractivity contribution in [2.45, 2.75) is 13.0 Å². The lowest BCUT2D eigenvalue weighted by Gasteiger charge is -2.27. The number of hydrogen-bond acceptors (Lipinski definition) is 5. The Morgan fingerprint density at radius 3 is 2.36 bits per heavy atom. The third kappa shape index (κ3) is 4.08. The van der Waals surface area contributed by atoms with Crippen molar-refractivity contribution in [2.75, 3.05) is 17.3 Å². The number of ether oxygens (including phenoxy) is 1. The number of carbonyl (C=O) groups is 3. The zero-order valence-electron chi connectivity index (χ0n) is 18.1. The van der Waals surface area contributed by atoms with Crippen LogP contribution in [-0.2, 0) is 14.4 Å². The third-order valence-corrected chi connectivity index (χ3v) is 5.37. The number of nitrogens with zero attached hydrogens (tertiary/aromatic N) is 1. The Balaban J connectivity index is 1.95. The molecule has 3 aromatic rings. The van der Waals surface area contributed by atoms with E-state index in [0.717, 1.165) is 0 Å². The van der Waals surface area contributed by atoms with Crippen LogP contribution in [0.2, 0.25) is 0 Å². The zero-order chi connectivity index (χ0) is 23.5. The lowest BCUT2D eigenvalue weighted by molar-refractivity contribution is -0.132. The highest BCUT2D eigenvalue weighted by Gasteiger charge is 2.47. The van der Waals surface area contributed by atoms with E-state index in [9.17, 15) is 19.5 Å². The Labute approximate surface area is 190 Å². The molecule has 2 N–H and O–H groups in total. The minimum absolute atomic E-state index is 0.0411. The van der Waals surface area contributed by atoms with Gasteiger partial charge >= 0.3 is 0 Å². The lowest BCUT2D eigenvalue weighted by Crippen LogP contribution is -2.29. The summed E-state index contributed by atoms with van der Waals surface area (Å²) < 4.78 is 5.51. The van der Waals surface area contributed by atoms with Crippen LogP contribution in [0.1, 0.15) is 24.1 Å². The summed E-state index contributed by atoms with van der Waals surface area (Å²) in [4.78, 5) is 39.3. The van der Waals surface area contributed by atoms with E-state index in [1.807, 2.05) is 0 Å². The van der Waals surface area contributed by atoms with Gasteiger partial charge < -0.3 is 15.2 Å². The molecule has 0 aliphatic carbocycles. The summed E-state index contributed by atoms with van der Waals surface area (Å²) in [6.07, 6.45) is 0. The van der Waals surface area contributed by atoms with Crippen LogP contribution in [0.4, 0.5) is 11.4 Å². The van der Waals surface area contributed by atoms with Gasteiger partial charge in [0.2, 0.25) is 5.91 Å². The van der Waals surface area contributed by atoms with Gasteiger partial charge in [-0.2, -0.15) is 0 Å². The molecular weight excluding hydrogens is 420 g/mol. The first kappa shape index (κ1) is 21.8. The maximum Gasteiger partial charge on any atom is 0.300 e. The monoisotopic (exact) mass is 442 g/mol. The van der Waals surface area contributed by atoms with E-state index in [1.54, 1.807) is 78.9 Å². The molecule has 2 amide bonds. The number of aliphatic hydroxyl groups is 1. The summed E-state index contributed by atoms with van der Waals surface area (Å²) in [5.74, 6) is -1.67. The zero-order valence-corrected chi connectivity index (χ0v) is 18.1. The van der Waals surface area contributed by atoms with Gasteiger partial charge in [0.1, 0.15) is 11.5 Å². The molecule has 1 fully saturated rings. The normalized spacial score (nSPS) is 17.2. The molecule has 33 heavy (non-hydrogen) atoms. The average Bonchev–Trinajstić information content (AvgIpc) is 3.09. The number of aliphatic hydroxyl groups excluding tert-OH is 1. The molecule has 1 saturated heterocycles. The first-order valence-corrected chi connectivity index (χ1v) is 10.3. The van der Waals surface area contributed by atoms with Gasteiger partial charge in [0, 0.05) is 29.4 Å². The number of methoxy groups -OCH3 is 1. The fourth-order valence-corrected chi connectivity index (χ4v) is 3.97. The molecule has 3 aromatic carbocycles. The fourth-order valence-electron chi connectivity index (χ4n) is 3.97. The summed E-state index contributed by atoms with van der Waals surface area (Å²) in [5, 5.41) is 13.8. The second-order valence-corrected chi connectivity index (χ2v) is 7.51. The maximum absolute atomic E-state index is 13.3. The van der Waals surface area contributed by atoms with Gasteiger partial charge in [0.15, 0.2) is 0 Å². The van der Waals surface area contributed by atoms with E-state index >= 15 is 0 Å². The second-order valence-electron chi connectivity index (χ2n) is 7.51. The van der Waals surface area contributed by atoms with E-state index in [4.69, 9.17) is 4.74 Å². The average molecular weight is 442 g/mol. The van der Waals surface area contributed by atoms with Crippen LogP contribution in [0.5, 0.6) is 5.75 Å². The Morgan fingerprint density at radius 2 is 1.67 bits per heavy atom. The number of amides is 2. The molecule has 7 nitrogen and oxygen atoms in total. The van der Waals surface area contributed by atoms with Crippen molar-refractivity contribution >= 4 is 34.7 Å². The van der Waals surface area contributed by atoms with Gasteiger partial charge in [0.05, 0.1) is 18.7 Å². The number of rotatable bonds is 5. The van der Waals surface area contributed by atoms with Gasteiger partial charge in [-0.1, -0.05) is 54.6 Å². The molecule has 1 aliphatic heterocycles. The van der Waals surface area contributed by atoms with Crippen LogP contribution in [-0.4, -0.2) is 29.8 Å². The third-order valence-electron chi connectivity index (χ3n) is 5.37. The van der Waals surface area contributed by atoms with E-state index in [2.05, 4.69) is 5.32 Å². The summed E-state index contributed by atoms with van der Waals surface area (Å²) in [5.41, 5.74) is 1.79. The molecule has 0 aromatic heterocycles. The summed E-state index contributed by atoms with van der Waals surface area (Å²) >= 11 is 0. The van der Waals surface area contributed by atoms with Gasteiger partial charge in [-0.15, -0.1) is 0 Å². The Kier molecular flexibility index (Phi) is 5.95. The Morgan fingerprint density at radius 1 is 0.970 bits per heavy atom. The molecule has 4 rings (SSSR count). The molecule has 1 atom stereocenters. The van der Waals surface area contributed by atoms with Crippen LogP contribution in [0, 0.1) is 0 Å². The van der Waals surface area contributed by atoms with E-state index < -0.39 is 17.7 Å². The van der Waals surface area contributed by atoms with Crippen LogP contribution >= 0.6 is 0 Å². The van der Waals surface area contributed by atoms with Crippen molar-refractivity contribution < 1.29 is 24.2 Å². The van der Waals surface area contributed by atoms with Crippen LogP contribution in [0.25, 0.3) is 5.76 Å². The molecule has 0 radical (unpaired) electrons. The van der Waals surface area contributed by atoms with Crippen molar-refractivity contribution in [3.63, 3.8) is 0 Å². The number of ketones is 1. The van der Waals surface area contributed by atoms with Crippen LogP contribution in [0.15, 0.2) is 84.4 Å². The van der Waals surface area contributed by atoms with Crippen LogP contribution in [0.3, 0.4) is 0 Å². The molecule has 0 bridgehead atoms. The standard InChI is InChI=1S/C26H22N2O5/c1-16(29)27-18-11-8-12-19(15-18)28-23(20-13-6-7-14-21(20)33-2)22(25(31)26(28)32)24(30)17-9-4-3-5-10-17/h3-15,23,30H,1-2H3,(H,27,29)/b24-22+. The summed E-state index contributed by atoms with van der Waals surface area (Å²) in [7, 11) is 1.50. The highest BCUT2D eigenvalue weighted by atomic mass is 16.5. The van der Waals surface area contributed by atoms with Gasteiger partial charge in [0.25, 0.3) is 11.7 Å². The molecule has 1 unspecified atom stereocenters. The van der Waals surface area contributed by atoms with Crippen LogP contribution < -0.4 is 15.0 Å². The largest absolute Gasteiger partial charge is 0.507 e. The quantitative estimate of drug-likeness (QED) is 0.349. The predicted octanol–water partition coefficient (Wildman–Crippen LogP) is 4.28. The number of para-hydroxylation sites is 1. The summed E-state index contributed by atoms with van der Waals surface area (Å²) in [6, 6.07) is 21.3. The first-order chi connectivity index (χ1) is 15.9. The topological polar surface area (TPSA) is 95.9 Å². The van der Waals surface area contributed by atoms with E-state index in [0.29, 0.717) is 28.3 Å². The Bertz CT molecular complexity index is 1270. The van der Waals surface area contributed by atoms with Crippen molar-refractivity contribution in [3.8, 4) is 5.75 Å². The molecule has 1 aliphatic rings. The van der Waals surface area contributed by atoms with E-state index in [-0.39, 0.29) is 17.2 Å². The van der Waals surface area contributed by atoms with Crippen molar-refractivity contribution in [3.05, 3.63) is 95.6 Å². The number of hydrogen-bond donors (Lipinski definition) is 2. The first-order valence-electron chi connectivity index (χ1n) is 10.3. The molecule has 0 saturated carbocycles. The molecule has 166 valence electrons. The molecule has 0 spiro atoms. The van der Waals surface area contributed by atoms with Crippen molar-refractivity contribution in [2.24, 2.45) is 0 Å². The lowest BCUT2D eigenvalue weighted by atomic mass is 9.94. The molecule has 7 heteroatoms. The molecular formula is C26H22N2O5. The number of benzene rings is 3. The SMILES string of the molecule is COc1ccccc1C1/C(=C(\O)c2ccccc2)C(=O)C(=O)N1c1cccc(NC(C)=O)c1. The smallest absolute Gasteiger partial charge is 0.300 e. The highest BCUT2D eigenvalue weighted by Crippen LogP contribution is 2.45. The van der Waals surface area contributed by atoms with E-state index in [1.165, 1.54) is 18.9 Å². The fraction of sp³-hybridized carbons (Fsp3) is 0.115. The maximum atomic E-state index is 13.3. The summed E-state index contributed by atoms with van der Waals surface area (Å²) in [6.45, 7) is 1.38. The minimum atomic E-state index is -0.936. The van der Waals surface area contributed by atoms with Crippen molar-refractivity contribution in [1.29, 1.82) is 0 Å². The highest BCUT2D eigenvalue weighted by molar-refractivity contribution is 6.51. The molecule has 1 heterocycles. The Hall–Kier alpha value is -4.39. The second kappa shape index (κ2) is 9.00. The minimum Gasteiger partial charge on any atom is -0.507 e. The number of anilines is 2. The number of Topliss-reactive ketones (excluding diaryl/α,β-unsaturated/α-hetero) is 1. The number of nitrogens with one attached hydrogen (secondary N) is 1. The number of carbonyl (C=O) groups excluding carboxylic acids is 3. The van der Waals surface area contributed by atoms with Gasteiger partial charge in [-0.25, -0.2) is 0 Å².